The molecule has 6 nitrogen and oxygen atoms in total. The normalized spacial score (nSPS) is 18.6. The Kier molecular flexibility index (Phi) is 4.68. The van der Waals surface area contributed by atoms with E-state index in [0.717, 1.165) is 43.4 Å². The molecule has 2 aromatic rings. The Morgan fingerprint density at radius 2 is 2.23 bits per heavy atom. The third-order valence-electron chi connectivity index (χ3n) is 4.18. The van der Waals surface area contributed by atoms with Crippen molar-refractivity contribution in [3.8, 4) is 0 Å². The van der Waals surface area contributed by atoms with Crippen molar-refractivity contribution in [2.24, 2.45) is 0 Å². The fourth-order valence-electron chi connectivity index (χ4n) is 3.02. The Hall–Kier alpha value is -1.95. The maximum Gasteiger partial charge on any atom is 0.151 e. The van der Waals surface area contributed by atoms with Gasteiger partial charge in [0.2, 0.25) is 0 Å². The van der Waals surface area contributed by atoms with Gasteiger partial charge in [-0.1, -0.05) is 0 Å². The number of anilines is 1. The highest BCUT2D eigenvalue weighted by Gasteiger charge is 2.25. The van der Waals surface area contributed by atoms with Gasteiger partial charge in [-0.2, -0.15) is 5.10 Å². The van der Waals surface area contributed by atoms with Crippen LogP contribution in [0.1, 0.15) is 30.3 Å². The Balaban J connectivity index is 1.73. The highest BCUT2D eigenvalue weighted by Crippen LogP contribution is 2.28. The molecular formula is C16H23N5O. The zero-order valence-electron chi connectivity index (χ0n) is 13.3. The molecule has 1 aliphatic rings. The van der Waals surface area contributed by atoms with Gasteiger partial charge in [-0.15, -0.1) is 5.10 Å². The van der Waals surface area contributed by atoms with Crippen LogP contribution >= 0.6 is 0 Å². The third kappa shape index (κ3) is 3.27. The summed E-state index contributed by atoms with van der Waals surface area (Å²) in [4.78, 5) is 6.90. The number of piperidine rings is 1. The van der Waals surface area contributed by atoms with Gasteiger partial charge in [0.05, 0.1) is 12.3 Å². The van der Waals surface area contributed by atoms with E-state index in [4.69, 9.17) is 4.74 Å². The summed E-state index contributed by atoms with van der Waals surface area (Å²) in [7, 11) is 1.73. The summed E-state index contributed by atoms with van der Waals surface area (Å²) in [6.45, 7) is 5.51. The quantitative estimate of drug-likeness (QED) is 0.845. The van der Waals surface area contributed by atoms with E-state index in [1.807, 2.05) is 25.4 Å². The molecular weight excluding hydrogens is 278 g/mol. The average Bonchev–Trinajstić information content (AvgIpc) is 3.02. The topological polar surface area (TPSA) is 56.1 Å². The van der Waals surface area contributed by atoms with E-state index in [1.54, 1.807) is 7.11 Å². The summed E-state index contributed by atoms with van der Waals surface area (Å²) >= 11 is 0. The molecule has 118 valence electrons. The molecule has 1 aliphatic heterocycles. The summed E-state index contributed by atoms with van der Waals surface area (Å²) < 4.78 is 7.39. The van der Waals surface area contributed by atoms with Crippen LogP contribution < -0.4 is 4.90 Å². The van der Waals surface area contributed by atoms with Crippen molar-refractivity contribution in [3.05, 3.63) is 36.0 Å². The SMILES string of the molecule is COCCn1ccnc1C1CCCN(c2ccc(C)nn2)C1. The van der Waals surface area contributed by atoms with Crippen LogP contribution in [0.4, 0.5) is 5.82 Å². The van der Waals surface area contributed by atoms with Crippen LogP contribution in [0.3, 0.4) is 0 Å². The van der Waals surface area contributed by atoms with Crippen molar-refractivity contribution in [1.82, 2.24) is 19.7 Å². The fraction of sp³-hybridized carbons (Fsp3) is 0.562. The summed E-state index contributed by atoms with van der Waals surface area (Å²) in [5.74, 6) is 2.55. The van der Waals surface area contributed by atoms with Gasteiger partial charge in [-0.25, -0.2) is 4.98 Å². The molecule has 0 bridgehead atoms. The molecule has 0 amide bonds. The molecule has 1 unspecified atom stereocenters. The van der Waals surface area contributed by atoms with Crippen LogP contribution in [0.15, 0.2) is 24.5 Å². The Morgan fingerprint density at radius 1 is 1.32 bits per heavy atom. The van der Waals surface area contributed by atoms with E-state index in [1.165, 1.54) is 6.42 Å². The minimum atomic E-state index is 0.434. The molecule has 0 spiro atoms. The van der Waals surface area contributed by atoms with E-state index < -0.39 is 0 Å². The summed E-state index contributed by atoms with van der Waals surface area (Å²) in [5, 5.41) is 8.49. The zero-order valence-corrected chi connectivity index (χ0v) is 13.3. The molecule has 2 aromatic heterocycles. The first-order valence-corrected chi connectivity index (χ1v) is 7.83. The molecule has 0 saturated carbocycles. The number of hydrogen-bond acceptors (Lipinski definition) is 5. The molecule has 0 aromatic carbocycles. The predicted octanol–water partition coefficient (Wildman–Crippen LogP) is 2.01. The molecule has 22 heavy (non-hydrogen) atoms. The second kappa shape index (κ2) is 6.87. The van der Waals surface area contributed by atoms with Crippen molar-refractivity contribution in [3.63, 3.8) is 0 Å². The van der Waals surface area contributed by atoms with Crippen molar-refractivity contribution >= 4 is 5.82 Å². The van der Waals surface area contributed by atoms with Gasteiger partial charge in [0.15, 0.2) is 5.82 Å². The molecule has 0 radical (unpaired) electrons. The standard InChI is InChI=1S/C16H23N5O/c1-13-5-6-15(19-18-13)21-8-3-4-14(12-21)16-17-7-9-20(16)10-11-22-2/h5-7,9,14H,3-4,8,10-12H2,1-2H3. The van der Waals surface area contributed by atoms with E-state index >= 15 is 0 Å². The number of methoxy groups -OCH3 is 1. The monoisotopic (exact) mass is 301 g/mol. The zero-order chi connectivity index (χ0) is 15.4. The minimum absolute atomic E-state index is 0.434. The first-order valence-electron chi connectivity index (χ1n) is 7.83. The van der Waals surface area contributed by atoms with Gasteiger partial charge in [0.1, 0.15) is 5.82 Å². The minimum Gasteiger partial charge on any atom is -0.383 e. The molecule has 0 N–H and O–H groups in total. The summed E-state index contributed by atoms with van der Waals surface area (Å²) in [6.07, 6.45) is 6.24. The lowest BCUT2D eigenvalue weighted by molar-refractivity contribution is 0.185. The molecule has 3 rings (SSSR count). The van der Waals surface area contributed by atoms with Gasteiger partial charge in [-0.05, 0) is 31.9 Å². The second-order valence-electron chi connectivity index (χ2n) is 5.79. The van der Waals surface area contributed by atoms with Crippen LogP contribution in [-0.2, 0) is 11.3 Å². The van der Waals surface area contributed by atoms with Crippen molar-refractivity contribution in [1.29, 1.82) is 0 Å². The summed E-state index contributed by atoms with van der Waals surface area (Å²) in [6, 6.07) is 4.08. The fourth-order valence-corrected chi connectivity index (χ4v) is 3.02. The van der Waals surface area contributed by atoms with Gasteiger partial charge in [0.25, 0.3) is 0 Å². The van der Waals surface area contributed by atoms with Crippen molar-refractivity contribution < 1.29 is 4.74 Å². The van der Waals surface area contributed by atoms with E-state index in [2.05, 4.69) is 30.7 Å². The number of imidazole rings is 1. The number of nitrogens with zero attached hydrogens (tertiary/aromatic N) is 5. The second-order valence-corrected chi connectivity index (χ2v) is 5.79. The third-order valence-corrected chi connectivity index (χ3v) is 4.18. The van der Waals surface area contributed by atoms with Crippen LogP contribution in [0.5, 0.6) is 0 Å². The molecule has 6 heteroatoms. The lowest BCUT2D eigenvalue weighted by atomic mass is 9.97. The Bertz CT molecular complexity index is 595. The van der Waals surface area contributed by atoms with Crippen molar-refractivity contribution in [2.75, 3.05) is 31.7 Å². The predicted molar refractivity (Wildman–Crippen MR) is 85.1 cm³/mol. The highest BCUT2D eigenvalue weighted by molar-refractivity contribution is 5.38. The van der Waals surface area contributed by atoms with Gasteiger partial charge in [-0.3, -0.25) is 0 Å². The first-order chi connectivity index (χ1) is 10.8. The maximum atomic E-state index is 5.18. The van der Waals surface area contributed by atoms with E-state index in [-0.39, 0.29) is 0 Å². The lowest BCUT2D eigenvalue weighted by Crippen LogP contribution is -2.36. The lowest BCUT2D eigenvalue weighted by Gasteiger charge is -2.33. The van der Waals surface area contributed by atoms with Crippen LogP contribution in [0, 0.1) is 6.92 Å². The van der Waals surface area contributed by atoms with Gasteiger partial charge >= 0.3 is 0 Å². The van der Waals surface area contributed by atoms with Crippen molar-refractivity contribution in [2.45, 2.75) is 32.2 Å². The smallest absolute Gasteiger partial charge is 0.151 e. The number of ether oxygens (including phenoxy) is 1. The number of aryl methyl sites for hydroxylation is 1. The molecule has 0 aliphatic carbocycles. The van der Waals surface area contributed by atoms with Crippen LogP contribution in [-0.4, -0.2) is 46.6 Å². The highest BCUT2D eigenvalue weighted by atomic mass is 16.5. The first kappa shape index (κ1) is 15.0. The molecule has 1 fully saturated rings. The molecule has 3 heterocycles. The van der Waals surface area contributed by atoms with Gasteiger partial charge in [0, 0.05) is 45.1 Å². The molecule has 1 atom stereocenters. The largest absolute Gasteiger partial charge is 0.383 e. The average molecular weight is 301 g/mol. The number of hydrogen-bond donors (Lipinski definition) is 0. The van der Waals surface area contributed by atoms with E-state index in [0.29, 0.717) is 12.5 Å². The summed E-state index contributed by atoms with van der Waals surface area (Å²) in [5.41, 5.74) is 0.951. The number of aromatic nitrogens is 4. The maximum absolute atomic E-state index is 5.18. The molecule has 1 saturated heterocycles. The van der Waals surface area contributed by atoms with Crippen LogP contribution in [0.25, 0.3) is 0 Å². The van der Waals surface area contributed by atoms with Gasteiger partial charge < -0.3 is 14.2 Å². The Labute approximate surface area is 131 Å². The van der Waals surface area contributed by atoms with E-state index in [9.17, 15) is 0 Å². The number of rotatable bonds is 5. The Morgan fingerprint density at radius 3 is 3.00 bits per heavy atom. The van der Waals surface area contributed by atoms with Crippen LogP contribution in [0.2, 0.25) is 0 Å².